The zero-order valence-electron chi connectivity index (χ0n) is 7.40. The highest BCUT2D eigenvalue weighted by Crippen LogP contribution is 1.88. The van der Waals surface area contributed by atoms with Crippen molar-refractivity contribution >= 4 is 5.78 Å². The minimum atomic E-state index is 0.205. The van der Waals surface area contributed by atoms with Gasteiger partial charge in [-0.25, -0.2) is 0 Å². The van der Waals surface area contributed by atoms with Gasteiger partial charge in [-0.3, -0.25) is 4.79 Å². The molecular formula is C10H14O. The molecule has 11 heavy (non-hydrogen) atoms. The highest BCUT2D eigenvalue weighted by atomic mass is 16.1. The first-order valence-corrected chi connectivity index (χ1v) is 3.74. The Hall–Kier alpha value is -1.03. The average molecular weight is 150 g/mol. The molecule has 0 aromatic rings. The molecule has 0 unspecified atom stereocenters. The third-order valence-electron chi connectivity index (χ3n) is 1.06. The molecule has 0 N–H and O–H groups in total. The smallest absolute Gasteiger partial charge is 0.130 e. The van der Waals surface area contributed by atoms with Crippen molar-refractivity contribution in [2.75, 3.05) is 0 Å². The van der Waals surface area contributed by atoms with Crippen LogP contribution in [0.15, 0.2) is 11.6 Å². The summed E-state index contributed by atoms with van der Waals surface area (Å²) >= 11 is 0. The van der Waals surface area contributed by atoms with Gasteiger partial charge in [-0.2, -0.15) is 0 Å². The highest BCUT2D eigenvalue weighted by molar-refractivity contribution is 5.75. The number of hydrogen-bond donors (Lipinski definition) is 0. The van der Waals surface area contributed by atoms with Crippen LogP contribution >= 0.6 is 0 Å². The van der Waals surface area contributed by atoms with Crippen molar-refractivity contribution in [3.05, 3.63) is 11.6 Å². The lowest BCUT2D eigenvalue weighted by Crippen LogP contribution is -1.86. The van der Waals surface area contributed by atoms with E-state index in [1.807, 2.05) is 19.9 Å². The quantitative estimate of drug-likeness (QED) is 0.552. The molecule has 0 aliphatic rings. The molecule has 0 heterocycles. The van der Waals surface area contributed by atoms with Crippen LogP contribution in [-0.2, 0) is 4.79 Å². The van der Waals surface area contributed by atoms with Gasteiger partial charge in [0.2, 0.25) is 0 Å². The third-order valence-corrected chi connectivity index (χ3v) is 1.06. The van der Waals surface area contributed by atoms with Gasteiger partial charge in [0.1, 0.15) is 5.78 Å². The summed E-state index contributed by atoms with van der Waals surface area (Å²) in [6, 6.07) is 0. The second-order valence-corrected chi connectivity index (χ2v) is 2.74. The summed E-state index contributed by atoms with van der Waals surface area (Å²) in [6.45, 7) is 5.59. The Labute approximate surface area is 68.5 Å². The van der Waals surface area contributed by atoms with Crippen LogP contribution in [-0.4, -0.2) is 5.78 Å². The molecule has 0 spiro atoms. The first kappa shape index (κ1) is 9.97. The van der Waals surface area contributed by atoms with Gasteiger partial charge in [-0.15, -0.1) is 0 Å². The minimum Gasteiger partial charge on any atom is -0.300 e. The number of Topliss-reactive ketones (excluding diaryl/α,β-unsaturated/α-hetero) is 1. The van der Waals surface area contributed by atoms with Crippen LogP contribution in [0, 0.1) is 11.8 Å². The van der Waals surface area contributed by atoms with Gasteiger partial charge < -0.3 is 0 Å². The van der Waals surface area contributed by atoms with E-state index in [2.05, 4.69) is 11.8 Å². The first-order valence-electron chi connectivity index (χ1n) is 3.74. The first-order chi connectivity index (χ1) is 5.13. The van der Waals surface area contributed by atoms with Crippen molar-refractivity contribution in [1.29, 1.82) is 0 Å². The number of ketones is 1. The molecule has 0 amide bonds. The zero-order chi connectivity index (χ0) is 8.69. The van der Waals surface area contributed by atoms with Gasteiger partial charge in [0.25, 0.3) is 0 Å². The molecule has 0 aromatic carbocycles. The van der Waals surface area contributed by atoms with Crippen molar-refractivity contribution in [1.82, 2.24) is 0 Å². The molecule has 0 atom stereocenters. The Bertz CT molecular complexity index is 209. The second-order valence-electron chi connectivity index (χ2n) is 2.74. The summed E-state index contributed by atoms with van der Waals surface area (Å²) in [5, 5.41) is 0. The van der Waals surface area contributed by atoms with Crippen LogP contribution in [0.25, 0.3) is 0 Å². The van der Waals surface area contributed by atoms with E-state index < -0.39 is 0 Å². The predicted molar refractivity (Wildman–Crippen MR) is 47.1 cm³/mol. The van der Waals surface area contributed by atoms with E-state index in [-0.39, 0.29) is 5.78 Å². The largest absolute Gasteiger partial charge is 0.300 e. The van der Waals surface area contributed by atoms with E-state index in [1.165, 1.54) is 5.57 Å². The Morgan fingerprint density at radius 1 is 1.36 bits per heavy atom. The van der Waals surface area contributed by atoms with Crippen molar-refractivity contribution in [2.24, 2.45) is 0 Å². The summed E-state index contributed by atoms with van der Waals surface area (Å²) in [4.78, 5) is 10.5. The summed E-state index contributed by atoms with van der Waals surface area (Å²) in [5.41, 5.74) is 1.19. The van der Waals surface area contributed by atoms with Gasteiger partial charge in [0.15, 0.2) is 0 Å². The Morgan fingerprint density at radius 3 is 2.45 bits per heavy atom. The fourth-order valence-electron chi connectivity index (χ4n) is 0.506. The Morgan fingerprint density at radius 2 is 2.00 bits per heavy atom. The van der Waals surface area contributed by atoms with E-state index in [9.17, 15) is 4.79 Å². The van der Waals surface area contributed by atoms with Gasteiger partial charge in [0, 0.05) is 12.8 Å². The molecule has 60 valence electrons. The third kappa shape index (κ3) is 8.97. The van der Waals surface area contributed by atoms with Crippen LogP contribution in [0.3, 0.4) is 0 Å². The molecule has 1 heteroatoms. The van der Waals surface area contributed by atoms with Crippen LogP contribution in [0.5, 0.6) is 0 Å². The van der Waals surface area contributed by atoms with E-state index >= 15 is 0 Å². The van der Waals surface area contributed by atoms with Crippen molar-refractivity contribution < 1.29 is 4.79 Å². The number of carbonyl (C=O) groups excluding carboxylic acids is 1. The monoisotopic (exact) mass is 150 g/mol. The molecule has 0 aliphatic heterocycles. The maximum atomic E-state index is 10.5. The molecule has 0 aliphatic carbocycles. The van der Waals surface area contributed by atoms with Gasteiger partial charge >= 0.3 is 0 Å². The molecule has 0 saturated heterocycles. The second kappa shape index (κ2) is 5.73. The number of allylic oxidation sites excluding steroid dienone is 2. The highest BCUT2D eigenvalue weighted by Gasteiger charge is 1.86. The summed E-state index contributed by atoms with van der Waals surface area (Å²) in [7, 11) is 0. The maximum Gasteiger partial charge on any atom is 0.130 e. The predicted octanol–water partition coefficient (Wildman–Crippen LogP) is 2.33. The van der Waals surface area contributed by atoms with E-state index in [1.54, 1.807) is 6.92 Å². The van der Waals surface area contributed by atoms with Crippen LogP contribution in [0.2, 0.25) is 0 Å². The lowest BCUT2D eigenvalue weighted by Gasteiger charge is -1.83. The molecule has 0 aromatic heterocycles. The molecule has 0 fully saturated rings. The Balaban J connectivity index is 3.57. The molecule has 0 rings (SSSR count). The van der Waals surface area contributed by atoms with Gasteiger partial charge in [-0.05, 0) is 26.8 Å². The van der Waals surface area contributed by atoms with Crippen LogP contribution in [0.4, 0.5) is 0 Å². The minimum absolute atomic E-state index is 0.205. The summed E-state index contributed by atoms with van der Waals surface area (Å²) < 4.78 is 0. The molecule has 0 saturated carbocycles. The molecule has 0 radical (unpaired) electrons. The summed E-state index contributed by atoms with van der Waals surface area (Å²) in [6.07, 6.45) is 3.11. The van der Waals surface area contributed by atoms with Crippen molar-refractivity contribution in [2.45, 2.75) is 33.6 Å². The fourth-order valence-corrected chi connectivity index (χ4v) is 0.506. The number of hydrogen-bond acceptors (Lipinski definition) is 1. The zero-order valence-corrected chi connectivity index (χ0v) is 7.40. The average Bonchev–Trinajstić information content (AvgIpc) is 1.85. The lowest BCUT2D eigenvalue weighted by molar-refractivity contribution is -0.116. The molecule has 0 bridgehead atoms. The lowest BCUT2D eigenvalue weighted by atomic mass is 10.2. The SMILES string of the molecule is CC(=O)CCC#CC=C(C)C. The van der Waals surface area contributed by atoms with Crippen LogP contribution < -0.4 is 0 Å². The van der Waals surface area contributed by atoms with E-state index in [0.717, 1.165) is 0 Å². The normalized spacial score (nSPS) is 7.91. The topological polar surface area (TPSA) is 17.1 Å². The van der Waals surface area contributed by atoms with Gasteiger partial charge in [0.05, 0.1) is 0 Å². The van der Waals surface area contributed by atoms with E-state index in [0.29, 0.717) is 12.8 Å². The van der Waals surface area contributed by atoms with Crippen molar-refractivity contribution in [3.63, 3.8) is 0 Å². The van der Waals surface area contributed by atoms with E-state index in [4.69, 9.17) is 0 Å². The number of rotatable bonds is 2. The fraction of sp³-hybridized carbons (Fsp3) is 0.500. The van der Waals surface area contributed by atoms with Gasteiger partial charge in [-0.1, -0.05) is 17.4 Å². The molecular weight excluding hydrogens is 136 g/mol. The Kier molecular flexibility index (Phi) is 5.20. The maximum absolute atomic E-state index is 10.5. The summed E-state index contributed by atoms with van der Waals surface area (Å²) in [5.74, 6) is 5.98. The molecule has 1 nitrogen and oxygen atoms in total. The number of carbonyl (C=O) groups is 1. The standard InChI is InChI=1S/C10H14O/c1-9(2)7-5-4-6-8-10(3)11/h7H,6,8H2,1-3H3. The van der Waals surface area contributed by atoms with Crippen LogP contribution in [0.1, 0.15) is 33.6 Å². The van der Waals surface area contributed by atoms with Crippen molar-refractivity contribution in [3.8, 4) is 11.8 Å².